The topological polar surface area (TPSA) is 83.1 Å². The average molecular weight is 559 g/mol. The van der Waals surface area contributed by atoms with Crippen LogP contribution in [0.25, 0.3) is 10.2 Å². The lowest BCUT2D eigenvalue weighted by Gasteiger charge is -2.27. The van der Waals surface area contributed by atoms with Crippen molar-refractivity contribution in [3.63, 3.8) is 0 Å². The van der Waals surface area contributed by atoms with Crippen molar-refractivity contribution in [1.29, 1.82) is 0 Å². The summed E-state index contributed by atoms with van der Waals surface area (Å²) in [6.45, 7) is 11.5. The molecular formula is C28H38N4O4S2. The molecule has 0 unspecified atom stereocenters. The number of carbonyl (C=O) groups is 1. The number of benzene rings is 2. The van der Waals surface area contributed by atoms with E-state index in [1.165, 1.54) is 15.6 Å². The fourth-order valence-electron chi connectivity index (χ4n) is 4.55. The molecule has 0 saturated carbocycles. The Morgan fingerprint density at radius 3 is 2.47 bits per heavy atom. The number of hydrogen-bond donors (Lipinski definition) is 0. The number of thiazole rings is 1. The van der Waals surface area contributed by atoms with Gasteiger partial charge in [0.15, 0.2) is 5.13 Å². The molecule has 1 saturated heterocycles. The van der Waals surface area contributed by atoms with Crippen molar-refractivity contribution in [2.45, 2.75) is 44.9 Å². The van der Waals surface area contributed by atoms with Crippen LogP contribution in [0.15, 0.2) is 47.4 Å². The number of aryl methyl sites for hydroxylation is 1. The summed E-state index contributed by atoms with van der Waals surface area (Å²) in [6.07, 6.45) is 2.53. The lowest BCUT2D eigenvalue weighted by atomic mass is 10.2. The van der Waals surface area contributed by atoms with Gasteiger partial charge in [0, 0.05) is 44.8 Å². The number of anilines is 1. The molecule has 0 spiro atoms. The molecule has 3 aromatic rings. The van der Waals surface area contributed by atoms with E-state index >= 15 is 0 Å². The second-order valence-electron chi connectivity index (χ2n) is 9.61. The maximum atomic E-state index is 13.8. The second kappa shape index (κ2) is 13.1. The quantitative estimate of drug-likeness (QED) is 0.318. The van der Waals surface area contributed by atoms with E-state index in [1.54, 1.807) is 29.2 Å². The van der Waals surface area contributed by atoms with Crippen LogP contribution in [-0.2, 0) is 14.8 Å². The Morgan fingerprint density at radius 2 is 1.79 bits per heavy atom. The highest BCUT2D eigenvalue weighted by Crippen LogP contribution is 2.31. The Morgan fingerprint density at radius 1 is 1.05 bits per heavy atom. The molecule has 8 nitrogen and oxygen atoms in total. The van der Waals surface area contributed by atoms with E-state index in [2.05, 4.69) is 11.0 Å². The molecule has 1 aliphatic rings. The summed E-state index contributed by atoms with van der Waals surface area (Å²) in [6, 6.07) is 12.4. The number of rotatable bonds is 12. The maximum absolute atomic E-state index is 13.8. The highest BCUT2D eigenvalue weighted by Gasteiger charge is 2.25. The molecule has 1 aromatic heterocycles. The summed E-state index contributed by atoms with van der Waals surface area (Å²) in [5.41, 5.74) is 2.46. The van der Waals surface area contributed by atoms with Gasteiger partial charge in [0.2, 0.25) is 10.0 Å². The molecule has 1 fully saturated rings. The highest BCUT2D eigenvalue weighted by atomic mass is 32.2. The maximum Gasteiger partial charge on any atom is 0.260 e. The van der Waals surface area contributed by atoms with Crippen LogP contribution in [0.1, 0.15) is 49.0 Å². The van der Waals surface area contributed by atoms with E-state index in [0.717, 1.165) is 67.9 Å². The minimum absolute atomic E-state index is 0.176. The van der Waals surface area contributed by atoms with Crippen molar-refractivity contribution in [2.24, 2.45) is 0 Å². The zero-order chi connectivity index (χ0) is 27.1. The minimum Gasteiger partial charge on any atom is -0.379 e. The Bertz CT molecular complexity index is 1320. The smallest absolute Gasteiger partial charge is 0.260 e. The third-order valence-electron chi connectivity index (χ3n) is 6.82. The molecule has 0 N–H and O–H groups in total. The van der Waals surface area contributed by atoms with Crippen molar-refractivity contribution in [2.75, 3.05) is 57.4 Å². The SMILES string of the molecule is CCCCN(CC)S(=O)(=O)c1ccc(C(=O)N(CCCN2CCOCC2)c2nc3ccc(C)cc3s2)cc1. The number of unbranched alkanes of at least 4 members (excludes halogenated alkanes) is 1. The molecular weight excluding hydrogens is 520 g/mol. The summed E-state index contributed by atoms with van der Waals surface area (Å²) in [7, 11) is -3.60. The molecule has 0 atom stereocenters. The molecule has 10 heteroatoms. The number of fused-ring (bicyclic) bond motifs is 1. The van der Waals surface area contributed by atoms with Crippen LogP contribution in [0.3, 0.4) is 0 Å². The number of morpholine rings is 1. The lowest BCUT2D eigenvalue weighted by molar-refractivity contribution is 0.0376. The molecule has 4 rings (SSSR count). The zero-order valence-corrected chi connectivity index (χ0v) is 24.2. The van der Waals surface area contributed by atoms with E-state index in [9.17, 15) is 13.2 Å². The molecule has 0 radical (unpaired) electrons. The van der Waals surface area contributed by atoms with Gasteiger partial charge in [-0.15, -0.1) is 0 Å². The van der Waals surface area contributed by atoms with Crippen LogP contribution in [0.5, 0.6) is 0 Å². The van der Waals surface area contributed by atoms with Crippen LogP contribution < -0.4 is 4.90 Å². The molecule has 2 aromatic carbocycles. The summed E-state index contributed by atoms with van der Waals surface area (Å²) in [5, 5.41) is 0.658. The summed E-state index contributed by atoms with van der Waals surface area (Å²) >= 11 is 1.51. The van der Waals surface area contributed by atoms with Gasteiger partial charge in [0.25, 0.3) is 5.91 Å². The minimum atomic E-state index is -3.60. The van der Waals surface area contributed by atoms with Crippen LogP contribution >= 0.6 is 11.3 Å². The standard InChI is InChI=1S/C28H38N4O4S2/c1-4-6-15-31(5-2)38(34,35)24-11-9-23(10-12-24)27(33)32(16-7-14-30-17-19-36-20-18-30)28-29-25-13-8-22(3)21-26(25)37-28/h8-13,21H,4-7,14-20H2,1-3H3. The highest BCUT2D eigenvalue weighted by molar-refractivity contribution is 7.89. The van der Waals surface area contributed by atoms with Crippen LogP contribution in [0, 0.1) is 6.92 Å². The van der Waals surface area contributed by atoms with Crippen molar-refractivity contribution < 1.29 is 17.9 Å². The predicted octanol–water partition coefficient (Wildman–Crippen LogP) is 4.78. The van der Waals surface area contributed by atoms with Crippen molar-refractivity contribution in [3.05, 3.63) is 53.6 Å². The number of sulfonamides is 1. The number of aromatic nitrogens is 1. The number of nitrogens with zero attached hydrogens (tertiary/aromatic N) is 4. The first-order valence-electron chi connectivity index (χ1n) is 13.4. The summed E-state index contributed by atoms with van der Waals surface area (Å²) in [5.74, 6) is -0.176. The van der Waals surface area contributed by atoms with Crippen molar-refractivity contribution >= 4 is 42.6 Å². The number of hydrogen-bond acceptors (Lipinski definition) is 7. The number of amides is 1. The number of ether oxygens (including phenoxy) is 1. The monoisotopic (exact) mass is 558 g/mol. The fourth-order valence-corrected chi connectivity index (χ4v) is 7.13. The van der Waals surface area contributed by atoms with Gasteiger partial charge in [-0.3, -0.25) is 14.6 Å². The van der Waals surface area contributed by atoms with E-state index in [0.29, 0.717) is 30.3 Å². The van der Waals surface area contributed by atoms with Crippen LogP contribution in [-0.4, -0.2) is 81.0 Å². The molecule has 2 heterocycles. The molecule has 1 amide bonds. The molecule has 0 bridgehead atoms. The molecule has 0 aliphatic carbocycles. The van der Waals surface area contributed by atoms with Crippen molar-refractivity contribution in [3.8, 4) is 0 Å². The van der Waals surface area contributed by atoms with Gasteiger partial charge < -0.3 is 4.74 Å². The molecule has 1 aliphatic heterocycles. The van der Waals surface area contributed by atoms with E-state index in [4.69, 9.17) is 9.72 Å². The third-order valence-corrected chi connectivity index (χ3v) is 9.85. The first kappa shape index (κ1) is 28.6. The van der Waals surface area contributed by atoms with E-state index < -0.39 is 10.0 Å². The van der Waals surface area contributed by atoms with Gasteiger partial charge in [-0.05, 0) is 61.7 Å². The Hall–Kier alpha value is -2.37. The van der Waals surface area contributed by atoms with E-state index in [-0.39, 0.29) is 10.8 Å². The summed E-state index contributed by atoms with van der Waals surface area (Å²) in [4.78, 5) is 22.8. The average Bonchev–Trinajstić information content (AvgIpc) is 3.34. The molecule has 38 heavy (non-hydrogen) atoms. The van der Waals surface area contributed by atoms with Gasteiger partial charge >= 0.3 is 0 Å². The largest absolute Gasteiger partial charge is 0.379 e. The summed E-state index contributed by atoms with van der Waals surface area (Å²) < 4.78 is 34.3. The molecule has 206 valence electrons. The second-order valence-corrected chi connectivity index (χ2v) is 12.6. The Labute approximate surface area is 230 Å². The predicted molar refractivity (Wildman–Crippen MR) is 154 cm³/mol. The van der Waals surface area contributed by atoms with Crippen LogP contribution in [0.4, 0.5) is 5.13 Å². The van der Waals surface area contributed by atoms with E-state index in [1.807, 2.05) is 32.9 Å². The Kier molecular flexibility index (Phi) is 9.89. The number of carbonyl (C=O) groups excluding carboxylic acids is 1. The third kappa shape index (κ3) is 6.79. The van der Waals surface area contributed by atoms with Gasteiger partial charge in [-0.25, -0.2) is 13.4 Å². The lowest BCUT2D eigenvalue weighted by Crippen LogP contribution is -2.39. The first-order valence-corrected chi connectivity index (χ1v) is 15.7. The first-order chi connectivity index (χ1) is 18.3. The van der Waals surface area contributed by atoms with Gasteiger partial charge in [-0.1, -0.05) is 37.7 Å². The Balaban J connectivity index is 1.56. The van der Waals surface area contributed by atoms with Crippen LogP contribution in [0.2, 0.25) is 0 Å². The fraction of sp³-hybridized carbons (Fsp3) is 0.500. The van der Waals surface area contributed by atoms with Gasteiger partial charge in [0.1, 0.15) is 0 Å². The van der Waals surface area contributed by atoms with Gasteiger partial charge in [-0.2, -0.15) is 4.31 Å². The zero-order valence-electron chi connectivity index (χ0n) is 22.6. The normalized spacial score (nSPS) is 14.8. The van der Waals surface area contributed by atoms with Crippen molar-refractivity contribution in [1.82, 2.24) is 14.2 Å². The van der Waals surface area contributed by atoms with Gasteiger partial charge in [0.05, 0.1) is 28.3 Å².